The van der Waals surface area contributed by atoms with Crippen molar-refractivity contribution >= 4 is 23.2 Å². The molecule has 0 spiro atoms. The summed E-state index contributed by atoms with van der Waals surface area (Å²) in [6, 6.07) is 14.3. The smallest absolute Gasteiger partial charge is 0.228 e. The minimum absolute atomic E-state index is 0.00316. The molecule has 1 N–H and O–H groups in total. The zero-order valence-electron chi connectivity index (χ0n) is 15.7. The molecule has 3 aromatic rings. The number of nitrogens with zero attached hydrogens (tertiary/aromatic N) is 2. The number of nitrogens with one attached hydrogen (secondary N) is 1. The molecule has 2 atom stereocenters. The van der Waals surface area contributed by atoms with E-state index in [0.29, 0.717) is 22.8 Å². The van der Waals surface area contributed by atoms with Crippen LogP contribution in [0.4, 0.5) is 10.1 Å². The number of carbonyl (C=O) groups is 1. The maximum absolute atomic E-state index is 13.9. The van der Waals surface area contributed by atoms with Gasteiger partial charge in [-0.1, -0.05) is 41.9 Å². The molecule has 28 heavy (non-hydrogen) atoms. The van der Waals surface area contributed by atoms with E-state index in [0.717, 1.165) is 23.4 Å². The van der Waals surface area contributed by atoms with Gasteiger partial charge in [0.2, 0.25) is 5.91 Å². The summed E-state index contributed by atoms with van der Waals surface area (Å²) < 4.78 is 15.7. The van der Waals surface area contributed by atoms with Gasteiger partial charge in [-0.05, 0) is 49.9 Å². The van der Waals surface area contributed by atoms with Crippen molar-refractivity contribution in [1.82, 2.24) is 9.78 Å². The molecule has 4 rings (SSSR count). The number of benzene rings is 2. The van der Waals surface area contributed by atoms with E-state index in [9.17, 15) is 9.18 Å². The Hall–Kier alpha value is -2.66. The third kappa shape index (κ3) is 3.67. The monoisotopic (exact) mass is 397 g/mol. The molecule has 0 radical (unpaired) electrons. The lowest BCUT2D eigenvalue weighted by molar-refractivity contribution is -0.117. The normalized spacial score (nSPS) is 18.1. The highest BCUT2D eigenvalue weighted by Crippen LogP contribution is 2.48. The lowest BCUT2D eigenvalue weighted by atomic mass is 10.1. The Balaban J connectivity index is 1.47. The number of halogens is 2. The van der Waals surface area contributed by atoms with Crippen molar-refractivity contribution in [3.8, 4) is 0 Å². The number of amides is 1. The van der Waals surface area contributed by atoms with Gasteiger partial charge in [0.15, 0.2) is 0 Å². The van der Waals surface area contributed by atoms with Crippen molar-refractivity contribution in [2.75, 3.05) is 5.32 Å². The Morgan fingerprint density at radius 2 is 1.93 bits per heavy atom. The first-order chi connectivity index (χ1) is 13.4. The third-order valence-electron chi connectivity index (χ3n) is 5.33. The molecule has 6 heteroatoms. The molecule has 1 heterocycles. The van der Waals surface area contributed by atoms with E-state index < -0.39 is 0 Å². The van der Waals surface area contributed by atoms with E-state index >= 15 is 0 Å². The number of aryl methyl sites for hydroxylation is 1. The molecule has 4 nitrogen and oxygen atoms in total. The maximum atomic E-state index is 13.9. The number of anilines is 1. The molecule has 2 unspecified atom stereocenters. The van der Waals surface area contributed by atoms with Gasteiger partial charge in [0, 0.05) is 16.5 Å². The summed E-state index contributed by atoms with van der Waals surface area (Å²) in [7, 11) is 0. The Morgan fingerprint density at radius 3 is 2.64 bits per heavy atom. The number of carbonyl (C=O) groups excluding carboxylic acids is 1. The first kappa shape index (κ1) is 18.7. The summed E-state index contributed by atoms with van der Waals surface area (Å²) in [5.41, 5.74) is 3.95. The highest BCUT2D eigenvalue weighted by molar-refractivity contribution is 6.30. The second-order valence-electron chi connectivity index (χ2n) is 7.28. The van der Waals surface area contributed by atoms with Crippen LogP contribution in [-0.4, -0.2) is 15.7 Å². The van der Waals surface area contributed by atoms with E-state index in [2.05, 4.69) is 10.4 Å². The predicted octanol–water partition coefficient (Wildman–Crippen LogP) is 5.08. The zero-order chi connectivity index (χ0) is 19.8. The number of aromatic nitrogens is 2. The van der Waals surface area contributed by atoms with Gasteiger partial charge in [-0.25, -0.2) is 4.39 Å². The fourth-order valence-corrected chi connectivity index (χ4v) is 3.72. The van der Waals surface area contributed by atoms with Crippen LogP contribution in [0, 0.1) is 25.6 Å². The fourth-order valence-electron chi connectivity index (χ4n) is 3.60. The lowest BCUT2D eigenvalue weighted by Crippen LogP contribution is -2.16. The largest absolute Gasteiger partial charge is 0.323 e. The molecule has 1 saturated carbocycles. The van der Waals surface area contributed by atoms with Crippen LogP contribution in [0.15, 0.2) is 48.5 Å². The molecule has 1 aromatic heterocycles. The minimum atomic E-state index is -0.260. The van der Waals surface area contributed by atoms with Gasteiger partial charge in [0.1, 0.15) is 5.82 Å². The average molecular weight is 398 g/mol. The summed E-state index contributed by atoms with van der Waals surface area (Å²) in [5.74, 6) is -0.0813. The minimum Gasteiger partial charge on any atom is -0.323 e. The van der Waals surface area contributed by atoms with Gasteiger partial charge >= 0.3 is 0 Å². The van der Waals surface area contributed by atoms with Gasteiger partial charge in [0.05, 0.1) is 23.6 Å². The van der Waals surface area contributed by atoms with Crippen molar-refractivity contribution in [3.63, 3.8) is 0 Å². The van der Waals surface area contributed by atoms with Crippen LogP contribution < -0.4 is 5.32 Å². The van der Waals surface area contributed by atoms with Crippen LogP contribution in [0.1, 0.15) is 34.9 Å². The molecular formula is C22H21ClFN3O. The second-order valence-corrected chi connectivity index (χ2v) is 7.72. The Morgan fingerprint density at radius 1 is 1.21 bits per heavy atom. The van der Waals surface area contributed by atoms with E-state index in [-0.39, 0.29) is 23.6 Å². The van der Waals surface area contributed by atoms with E-state index in [4.69, 9.17) is 11.6 Å². The number of hydrogen-bond donors (Lipinski definition) is 1. The van der Waals surface area contributed by atoms with Crippen LogP contribution in [0.5, 0.6) is 0 Å². The number of rotatable bonds is 5. The van der Waals surface area contributed by atoms with Crippen molar-refractivity contribution < 1.29 is 9.18 Å². The van der Waals surface area contributed by atoms with Crippen LogP contribution in [0.3, 0.4) is 0 Å². The highest BCUT2D eigenvalue weighted by Gasteiger charge is 2.44. The Kier molecular flexibility index (Phi) is 4.94. The first-order valence-electron chi connectivity index (χ1n) is 9.27. The van der Waals surface area contributed by atoms with Gasteiger partial charge in [0.25, 0.3) is 0 Å². The van der Waals surface area contributed by atoms with E-state index in [1.807, 2.05) is 38.1 Å². The van der Waals surface area contributed by atoms with Gasteiger partial charge < -0.3 is 5.32 Å². The van der Waals surface area contributed by atoms with Crippen LogP contribution >= 0.6 is 11.6 Å². The quantitative estimate of drug-likeness (QED) is 0.652. The van der Waals surface area contributed by atoms with Crippen molar-refractivity contribution in [1.29, 1.82) is 0 Å². The molecular weight excluding hydrogens is 377 g/mol. The molecule has 1 aliphatic carbocycles. The zero-order valence-corrected chi connectivity index (χ0v) is 16.5. The summed E-state index contributed by atoms with van der Waals surface area (Å²) in [4.78, 5) is 12.7. The molecule has 144 valence electrons. The molecule has 1 amide bonds. The molecule has 0 aliphatic heterocycles. The fraction of sp³-hybridized carbons (Fsp3) is 0.273. The summed E-state index contributed by atoms with van der Waals surface area (Å²) in [6.07, 6.45) is 0.828. The molecule has 0 saturated heterocycles. The molecule has 2 aromatic carbocycles. The van der Waals surface area contributed by atoms with Gasteiger partial charge in [-0.3, -0.25) is 9.48 Å². The van der Waals surface area contributed by atoms with Gasteiger partial charge in [-0.2, -0.15) is 5.10 Å². The second kappa shape index (κ2) is 7.40. The van der Waals surface area contributed by atoms with Crippen LogP contribution in [0.2, 0.25) is 5.02 Å². The summed E-state index contributed by atoms with van der Waals surface area (Å²) in [6.45, 7) is 4.07. The molecule has 1 fully saturated rings. The number of hydrogen-bond acceptors (Lipinski definition) is 2. The highest BCUT2D eigenvalue weighted by atomic mass is 35.5. The average Bonchev–Trinajstić information content (AvgIpc) is 3.43. The molecule has 0 bridgehead atoms. The topological polar surface area (TPSA) is 46.9 Å². The Labute approximate surface area is 168 Å². The van der Waals surface area contributed by atoms with E-state index in [1.54, 1.807) is 22.9 Å². The molecule has 1 aliphatic rings. The maximum Gasteiger partial charge on any atom is 0.228 e. The summed E-state index contributed by atoms with van der Waals surface area (Å²) in [5, 5.41) is 8.21. The Bertz CT molecular complexity index is 1030. The van der Waals surface area contributed by atoms with E-state index in [1.165, 1.54) is 6.07 Å². The first-order valence-corrected chi connectivity index (χ1v) is 9.65. The predicted molar refractivity (Wildman–Crippen MR) is 108 cm³/mol. The lowest BCUT2D eigenvalue weighted by Gasteiger charge is -2.08. The standard InChI is InChI=1S/C22H21ClFN3O/c1-13-21(14(2)27(26-13)12-16-5-3-4-6-20(16)24)25-22(28)19-11-18(19)15-7-9-17(23)10-8-15/h3-10,18-19H,11-12H2,1-2H3,(H,25,28). The SMILES string of the molecule is Cc1nn(Cc2ccccc2F)c(C)c1NC(=O)C1CC1c1ccc(Cl)cc1. The van der Waals surface area contributed by atoms with Gasteiger partial charge in [-0.15, -0.1) is 0 Å². The third-order valence-corrected chi connectivity index (χ3v) is 5.58. The van der Waals surface area contributed by atoms with Crippen molar-refractivity contribution in [2.24, 2.45) is 5.92 Å². The van der Waals surface area contributed by atoms with Crippen molar-refractivity contribution in [3.05, 3.63) is 81.9 Å². The van der Waals surface area contributed by atoms with Crippen molar-refractivity contribution in [2.45, 2.75) is 32.7 Å². The van der Waals surface area contributed by atoms with Crippen LogP contribution in [-0.2, 0) is 11.3 Å². The summed E-state index contributed by atoms with van der Waals surface area (Å²) >= 11 is 5.94. The van der Waals surface area contributed by atoms with Crippen LogP contribution in [0.25, 0.3) is 0 Å².